The molecule has 0 nitrogen and oxygen atoms in total. The second-order valence-corrected chi connectivity index (χ2v) is 4.74. The van der Waals surface area contributed by atoms with Gasteiger partial charge in [0, 0.05) is 5.92 Å². The van der Waals surface area contributed by atoms with Gasteiger partial charge in [-0.05, 0) is 18.8 Å². The van der Waals surface area contributed by atoms with Crippen LogP contribution in [0, 0.1) is 16.7 Å². The third-order valence-electron chi connectivity index (χ3n) is 2.45. The molecule has 58 valence electrons. The van der Waals surface area contributed by atoms with E-state index in [1.54, 1.807) is 0 Å². The van der Waals surface area contributed by atoms with Gasteiger partial charge in [0.25, 0.3) is 0 Å². The fourth-order valence-electron chi connectivity index (χ4n) is 1.61. The van der Waals surface area contributed by atoms with Crippen LogP contribution in [0.5, 0.6) is 0 Å². The number of rotatable bonds is 1. The van der Waals surface area contributed by atoms with Crippen LogP contribution >= 0.6 is 15.9 Å². The maximum atomic E-state index is 3.61. The van der Waals surface area contributed by atoms with E-state index in [1.807, 2.05) is 0 Å². The third kappa shape index (κ3) is 2.19. The highest BCUT2D eigenvalue weighted by atomic mass is 79.9. The summed E-state index contributed by atoms with van der Waals surface area (Å²) in [7, 11) is 0. The Morgan fingerprint density at radius 3 is 2.60 bits per heavy atom. The Kier molecular flexibility index (Phi) is 3.09. The van der Waals surface area contributed by atoms with Crippen LogP contribution < -0.4 is 0 Å². The van der Waals surface area contributed by atoms with Crippen LogP contribution in [-0.4, -0.2) is 0 Å². The number of halogens is 1. The topological polar surface area (TPSA) is 0 Å². The van der Waals surface area contributed by atoms with Crippen molar-refractivity contribution >= 4 is 15.9 Å². The molecule has 1 aliphatic rings. The van der Waals surface area contributed by atoms with Gasteiger partial charge in [-0.15, -0.1) is 0 Å². The summed E-state index contributed by atoms with van der Waals surface area (Å²) in [4.78, 5) is 1.54. The van der Waals surface area contributed by atoms with Gasteiger partial charge in [0.1, 0.15) is 12.8 Å². The average molecular weight is 204 g/mol. The minimum absolute atomic E-state index is 0.868. The molecule has 0 amide bonds. The number of hydrogen-bond acceptors (Lipinski definition) is 0. The van der Waals surface area contributed by atoms with Gasteiger partial charge < -0.3 is 0 Å². The Morgan fingerprint density at radius 2 is 2.20 bits per heavy atom. The van der Waals surface area contributed by atoms with E-state index in [-0.39, 0.29) is 0 Å². The zero-order valence-corrected chi connectivity index (χ0v) is 8.45. The van der Waals surface area contributed by atoms with E-state index in [9.17, 15) is 0 Å². The molecule has 0 saturated heterocycles. The largest absolute Gasteiger partial charge is 0.198 e. The fraction of sp³-hybridized carbons (Fsp3) is 0.889. The lowest BCUT2D eigenvalue weighted by molar-refractivity contribution is 0.312. The molecule has 0 bridgehead atoms. The molecule has 1 rings (SSSR count). The lowest BCUT2D eigenvalue weighted by atomic mass is 9.82. The fourth-order valence-corrected chi connectivity index (χ4v) is 2.31. The van der Waals surface area contributed by atoms with Crippen molar-refractivity contribution < 1.29 is 0 Å². The van der Waals surface area contributed by atoms with Crippen LogP contribution in [-0.2, 0) is 0 Å². The smallest absolute Gasteiger partial charge is 0.0623 e. The van der Waals surface area contributed by atoms with Crippen molar-refractivity contribution in [1.29, 1.82) is 0 Å². The Morgan fingerprint density at radius 1 is 1.50 bits per heavy atom. The van der Waals surface area contributed by atoms with E-state index in [0.29, 0.717) is 0 Å². The summed E-state index contributed by atoms with van der Waals surface area (Å²) in [5.41, 5.74) is 0. The van der Waals surface area contributed by atoms with Gasteiger partial charge in [-0.25, -0.2) is 0 Å². The normalized spacial score (nSPS) is 27.6. The SMILES string of the molecule is CC(C)C1CCC[C+](Br)C1. The van der Waals surface area contributed by atoms with Crippen LogP contribution in [0.1, 0.15) is 39.5 Å². The first-order valence-electron chi connectivity index (χ1n) is 4.20. The molecular formula is C9H16Br+. The minimum Gasteiger partial charge on any atom is -0.0623 e. The first-order valence-corrected chi connectivity index (χ1v) is 4.99. The predicted octanol–water partition coefficient (Wildman–Crippen LogP) is 3.76. The highest BCUT2D eigenvalue weighted by molar-refractivity contribution is 9.11. The summed E-state index contributed by atoms with van der Waals surface area (Å²) < 4.78 is 0. The van der Waals surface area contributed by atoms with E-state index in [1.165, 1.54) is 30.5 Å². The molecule has 0 spiro atoms. The second-order valence-electron chi connectivity index (χ2n) is 3.62. The maximum absolute atomic E-state index is 3.61. The summed E-state index contributed by atoms with van der Waals surface area (Å²) in [6.07, 6.45) is 5.46. The third-order valence-corrected chi connectivity index (χ3v) is 3.17. The summed E-state index contributed by atoms with van der Waals surface area (Å²) >= 11 is 3.61. The van der Waals surface area contributed by atoms with Crippen molar-refractivity contribution in [1.82, 2.24) is 0 Å². The Labute approximate surface area is 72.5 Å². The second kappa shape index (κ2) is 3.66. The van der Waals surface area contributed by atoms with Crippen LogP contribution in [0.15, 0.2) is 0 Å². The first-order chi connectivity index (χ1) is 4.70. The lowest BCUT2D eigenvalue weighted by Crippen LogP contribution is -2.15. The monoisotopic (exact) mass is 203 g/mol. The van der Waals surface area contributed by atoms with Crippen molar-refractivity contribution in [3.05, 3.63) is 4.83 Å². The highest BCUT2D eigenvalue weighted by Gasteiger charge is 2.30. The zero-order chi connectivity index (χ0) is 7.56. The van der Waals surface area contributed by atoms with Gasteiger partial charge in [0.15, 0.2) is 20.8 Å². The molecule has 0 radical (unpaired) electrons. The Bertz CT molecular complexity index is 98.9. The molecule has 1 unspecified atom stereocenters. The molecule has 0 aliphatic heterocycles. The molecule has 0 aromatic carbocycles. The van der Waals surface area contributed by atoms with Crippen LogP contribution in [0.25, 0.3) is 0 Å². The van der Waals surface area contributed by atoms with Crippen LogP contribution in [0.4, 0.5) is 0 Å². The quantitative estimate of drug-likeness (QED) is 0.570. The van der Waals surface area contributed by atoms with Crippen LogP contribution in [0.2, 0.25) is 0 Å². The predicted molar refractivity (Wildman–Crippen MR) is 49.0 cm³/mol. The minimum atomic E-state index is 0.868. The van der Waals surface area contributed by atoms with Gasteiger partial charge in [-0.2, -0.15) is 0 Å². The van der Waals surface area contributed by atoms with Gasteiger partial charge >= 0.3 is 0 Å². The summed E-state index contributed by atoms with van der Waals surface area (Å²) in [5.74, 6) is 1.82. The molecule has 1 aliphatic carbocycles. The molecular weight excluding hydrogens is 188 g/mol. The number of hydrogen-bond donors (Lipinski definition) is 0. The van der Waals surface area contributed by atoms with Crippen molar-refractivity contribution in [2.45, 2.75) is 39.5 Å². The molecule has 1 saturated carbocycles. The first kappa shape index (κ1) is 8.45. The molecule has 10 heavy (non-hydrogen) atoms. The molecule has 1 heteroatoms. The highest BCUT2D eigenvalue weighted by Crippen LogP contribution is 2.37. The van der Waals surface area contributed by atoms with Crippen molar-refractivity contribution in [3.63, 3.8) is 0 Å². The van der Waals surface area contributed by atoms with Gasteiger partial charge in [-0.3, -0.25) is 0 Å². The standard InChI is InChI=1S/C9H16Br/c1-7(2)8-4-3-5-9(10)6-8/h7-8H,3-6H2,1-2H3/q+1. The molecule has 0 heterocycles. The van der Waals surface area contributed by atoms with E-state index < -0.39 is 0 Å². The van der Waals surface area contributed by atoms with Gasteiger partial charge in [0.05, 0.1) is 0 Å². The van der Waals surface area contributed by atoms with Crippen molar-refractivity contribution in [2.75, 3.05) is 0 Å². The molecule has 0 aromatic heterocycles. The van der Waals surface area contributed by atoms with Gasteiger partial charge in [0.2, 0.25) is 0 Å². The molecule has 1 atom stereocenters. The maximum Gasteiger partial charge on any atom is 0.198 e. The Hall–Kier alpha value is 0.350. The van der Waals surface area contributed by atoms with Gasteiger partial charge in [-0.1, -0.05) is 13.8 Å². The molecule has 1 fully saturated rings. The van der Waals surface area contributed by atoms with E-state index in [2.05, 4.69) is 29.8 Å². The van der Waals surface area contributed by atoms with E-state index in [0.717, 1.165) is 11.8 Å². The molecule has 0 aromatic rings. The summed E-state index contributed by atoms with van der Waals surface area (Å²) in [6, 6.07) is 0. The average Bonchev–Trinajstić information content (AvgIpc) is 1.88. The van der Waals surface area contributed by atoms with E-state index >= 15 is 0 Å². The summed E-state index contributed by atoms with van der Waals surface area (Å²) in [6.45, 7) is 4.66. The Balaban J connectivity index is 2.32. The van der Waals surface area contributed by atoms with Crippen LogP contribution in [0.3, 0.4) is 0 Å². The van der Waals surface area contributed by atoms with Crippen molar-refractivity contribution in [2.24, 2.45) is 11.8 Å². The van der Waals surface area contributed by atoms with Crippen molar-refractivity contribution in [3.8, 4) is 0 Å². The van der Waals surface area contributed by atoms with E-state index in [4.69, 9.17) is 0 Å². The molecule has 0 N–H and O–H groups in total. The zero-order valence-electron chi connectivity index (χ0n) is 6.86. The summed E-state index contributed by atoms with van der Waals surface area (Å²) in [5, 5.41) is 0. The lowest BCUT2D eigenvalue weighted by Gasteiger charge is -2.21.